The number of likely N-dealkylation sites (tertiary alicyclic amines) is 2. The second-order valence-corrected chi connectivity index (χ2v) is 9.00. The summed E-state index contributed by atoms with van der Waals surface area (Å²) >= 11 is 0. The number of piperidine rings is 1. The number of carbonyl (C=O) groups is 2. The van der Waals surface area contributed by atoms with Gasteiger partial charge in [0.15, 0.2) is 0 Å². The Hall–Kier alpha value is -4.13. The van der Waals surface area contributed by atoms with Crippen LogP contribution in [0.3, 0.4) is 0 Å². The van der Waals surface area contributed by atoms with Crippen molar-refractivity contribution in [3.8, 4) is 22.9 Å². The molecule has 0 saturated carbocycles. The molecule has 3 aromatic heterocycles. The Morgan fingerprint density at radius 1 is 1.11 bits per heavy atom. The second kappa shape index (κ2) is 9.25. The van der Waals surface area contributed by atoms with Gasteiger partial charge in [-0.25, -0.2) is 4.52 Å². The van der Waals surface area contributed by atoms with Crippen molar-refractivity contribution < 1.29 is 14.3 Å². The van der Waals surface area contributed by atoms with E-state index in [9.17, 15) is 14.9 Å². The van der Waals surface area contributed by atoms with Crippen molar-refractivity contribution in [2.75, 3.05) is 33.3 Å². The van der Waals surface area contributed by atoms with Crippen LogP contribution in [0.2, 0.25) is 0 Å². The lowest BCUT2D eigenvalue weighted by molar-refractivity contribution is -0.136. The molecular weight excluding hydrogens is 446 g/mol. The summed E-state index contributed by atoms with van der Waals surface area (Å²) in [5, 5.41) is 18.2. The summed E-state index contributed by atoms with van der Waals surface area (Å²) < 4.78 is 9.14. The first kappa shape index (κ1) is 22.7. The number of carbonyl (C=O) groups excluding carboxylic acids is 2. The molecule has 0 aromatic carbocycles. The number of hydrogen-bond donors (Lipinski definition) is 0. The van der Waals surface area contributed by atoms with Gasteiger partial charge in [0.05, 0.1) is 31.5 Å². The lowest BCUT2D eigenvalue weighted by Gasteiger charge is -2.33. The quantitative estimate of drug-likeness (QED) is 0.526. The van der Waals surface area contributed by atoms with Crippen molar-refractivity contribution in [2.45, 2.75) is 25.3 Å². The minimum absolute atomic E-state index is 0.108. The number of fused-ring (bicyclic) bond motifs is 1. The smallest absolute Gasteiger partial charge is 0.245 e. The molecule has 1 atom stereocenters. The third-order valence-electron chi connectivity index (χ3n) is 7.03. The molecule has 2 aliphatic rings. The van der Waals surface area contributed by atoms with Gasteiger partial charge in [-0.3, -0.25) is 14.3 Å². The number of hydrogen-bond acceptors (Lipinski definition) is 6. The van der Waals surface area contributed by atoms with Crippen molar-refractivity contribution in [3.05, 3.63) is 49.1 Å². The first-order valence-electron chi connectivity index (χ1n) is 11.7. The SMILES string of the molecule is C=CC(=O)N1CC[C@@H](C(=O)N2CCC(n3cc(-c4cc(OC)c5c(C#N)cnn5c4)cn3)CC2)C1. The summed E-state index contributed by atoms with van der Waals surface area (Å²) in [5.41, 5.74) is 2.92. The predicted octanol–water partition coefficient (Wildman–Crippen LogP) is 2.28. The molecule has 180 valence electrons. The van der Waals surface area contributed by atoms with Crippen molar-refractivity contribution in [2.24, 2.45) is 5.92 Å². The van der Waals surface area contributed by atoms with Crippen LogP contribution in [-0.2, 0) is 9.59 Å². The van der Waals surface area contributed by atoms with E-state index in [0.717, 1.165) is 24.0 Å². The molecule has 5 heterocycles. The highest BCUT2D eigenvalue weighted by molar-refractivity contribution is 5.88. The van der Waals surface area contributed by atoms with Crippen LogP contribution in [0.5, 0.6) is 5.75 Å². The maximum absolute atomic E-state index is 13.0. The van der Waals surface area contributed by atoms with Crippen molar-refractivity contribution in [1.29, 1.82) is 5.26 Å². The zero-order valence-electron chi connectivity index (χ0n) is 19.6. The molecule has 0 bridgehead atoms. The Morgan fingerprint density at radius 2 is 1.89 bits per heavy atom. The summed E-state index contributed by atoms with van der Waals surface area (Å²) in [6, 6.07) is 4.24. The fourth-order valence-corrected chi connectivity index (χ4v) is 5.07. The normalized spacial score (nSPS) is 18.6. The number of methoxy groups -OCH3 is 1. The van der Waals surface area contributed by atoms with Gasteiger partial charge in [0.1, 0.15) is 22.9 Å². The number of ether oxygens (including phenoxy) is 1. The van der Waals surface area contributed by atoms with E-state index in [4.69, 9.17) is 4.74 Å². The van der Waals surface area contributed by atoms with E-state index in [1.165, 1.54) is 12.3 Å². The van der Waals surface area contributed by atoms with Gasteiger partial charge in [0.2, 0.25) is 11.8 Å². The molecule has 0 unspecified atom stereocenters. The van der Waals surface area contributed by atoms with Crippen LogP contribution in [0.15, 0.2) is 43.5 Å². The van der Waals surface area contributed by atoms with E-state index in [1.807, 2.05) is 34.2 Å². The first-order chi connectivity index (χ1) is 17.0. The molecule has 0 radical (unpaired) electrons. The Morgan fingerprint density at radius 3 is 2.60 bits per heavy atom. The highest BCUT2D eigenvalue weighted by Gasteiger charge is 2.34. The van der Waals surface area contributed by atoms with Crippen molar-refractivity contribution >= 4 is 17.3 Å². The number of pyridine rings is 1. The van der Waals surface area contributed by atoms with Gasteiger partial charge in [-0.15, -0.1) is 0 Å². The molecule has 0 spiro atoms. The van der Waals surface area contributed by atoms with E-state index < -0.39 is 0 Å². The largest absolute Gasteiger partial charge is 0.494 e. The highest BCUT2D eigenvalue weighted by atomic mass is 16.5. The Kier molecular flexibility index (Phi) is 5.99. The van der Waals surface area contributed by atoms with Crippen LogP contribution >= 0.6 is 0 Å². The molecule has 10 heteroatoms. The van der Waals surface area contributed by atoms with Gasteiger partial charge in [0.25, 0.3) is 0 Å². The van der Waals surface area contributed by atoms with Gasteiger partial charge in [-0.1, -0.05) is 6.58 Å². The zero-order valence-corrected chi connectivity index (χ0v) is 19.6. The summed E-state index contributed by atoms with van der Waals surface area (Å²) in [6.45, 7) is 5.97. The topological polar surface area (TPSA) is 109 Å². The third-order valence-corrected chi connectivity index (χ3v) is 7.03. The average molecular weight is 474 g/mol. The maximum Gasteiger partial charge on any atom is 0.245 e. The van der Waals surface area contributed by atoms with Crippen LogP contribution in [0.25, 0.3) is 16.6 Å². The summed E-state index contributed by atoms with van der Waals surface area (Å²) in [4.78, 5) is 28.4. The fourth-order valence-electron chi connectivity index (χ4n) is 5.07. The van der Waals surface area contributed by atoms with Crippen LogP contribution < -0.4 is 4.74 Å². The number of nitrogens with zero attached hydrogens (tertiary/aromatic N) is 7. The van der Waals surface area contributed by atoms with Crippen LogP contribution in [0.4, 0.5) is 0 Å². The minimum atomic E-state index is -0.125. The molecule has 0 N–H and O–H groups in total. The average Bonchev–Trinajstić information content (AvgIpc) is 3.66. The molecular formula is C25H27N7O3. The molecule has 2 saturated heterocycles. The summed E-state index contributed by atoms with van der Waals surface area (Å²) in [7, 11) is 1.58. The van der Waals surface area contributed by atoms with Gasteiger partial charge in [0, 0.05) is 49.7 Å². The standard InChI is InChI=1S/C25H27N7O3/c1-3-23(33)30-7-4-17(14-30)25(34)29-8-5-21(6-9-29)31-16-20(13-27-31)18-10-22(35-2)24-19(11-26)12-28-32(24)15-18/h3,10,12-13,15-17,21H,1,4-9,14H2,2H3/t17-/m1/s1. The van der Waals surface area contributed by atoms with E-state index in [2.05, 4.69) is 22.8 Å². The monoisotopic (exact) mass is 473 g/mol. The Balaban J connectivity index is 1.25. The van der Waals surface area contributed by atoms with Gasteiger partial charge < -0.3 is 14.5 Å². The van der Waals surface area contributed by atoms with Crippen LogP contribution in [0, 0.1) is 17.2 Å². The third kappa shape index (κ3) is 4.14. The number of rotatable bonds is 5. The molecule has 35 heavy (non-hydrogen) atoms. The zero-order chi connectivity index (χ0) is 24.5. The summed E-state index contributed by atoms with van der Waals surface area (Å²) in [6.07, 6.45) is 10.9. The minimum Gasteiger partial charge on any atom is -0.494 e. The highest BCUT2D eigenvalue weighted by Crippen LogP contribution is 2.31. The van der Waals surface area contributed by atoms with Gasteiger partial charge in [-0.05, 0) is 31.4 Å². The van der Waals surface area contributed by atoms with E-state index in [0.29, 0.717) is 49.4 Å². The molecule has 0 aliphatic carbocycles. The van der Waals surface area contributed by atoms with Gasteiger partial charge in [-0.2, -0.15) is 15.5 Å². The van der Waals surface area contributed by atoms with Crippen molar-refractivity contribution in [1.82, 2.24) is 29.2 Å². The molecule has 2 fully saturated rings. The van der Waals surface area contributed by atoms with Crippen LogP contribution in [-0.4, -0.2) is 74.3 Å². The molecule has 2 aliphatic heterocycles. The number of amides is 2. The van der Waals surface area contributed by atoms with Crippen molar-refractivity contribution in [3.63, 3.8) is 0 Å². The Bertz CT molecular complexity index is 1330. The molecule has 5 rings (SSSR count). The predicted molar refractivity (Wildman–Crippen MR) is 127 cm³/mol. The lowest BCUT2D eigenvalue weighted by Crippen LogP contribution is -2.43. The second-order valence-electron chi connectivity index (χ2n) is 9.00. The molecule has 3 aromatic rings. The van der Waals surface area contributed by atoms with Gasteiger partial charge >= 0.3 is 0 Å². The lowest BCUT2D eigenvalue weighted by atomic mass is 10.0. The number of nitriles is 1. The fraction of sp³-hybridized carbons (Fsp3) is 0.400. The first-order valence-corrected chi connectivity index (χ1v) is 11.7. The van der Waals surface area contributed by atoms with E-state index >= 15 is 0 Å². The molecule has 10 nitrogen and oxygen atoms in total. The van der Waals surface area contributed by atoms with Crippen LogP contribution in [0.1, 0.15) is 30.9 Å². The van der Waals surface area contributed by atoms with E-state index in [-0.39, 0.29) is 23.8 Å². The maximum atomic E-state index is 13.0. The Labute approximate surface area is 203 Å². The number of aromatic nitrogens is 4. The van der Waals surface area contributed by atoms with E-state index in [1.54, 1.807) is 16.5 Å². The molecule has 2 amide bonds. The summed E-state index contributed by atoms with van der Waals surface area (Å²) in [5.74, 6) is 0.487.